The molecule has 34 nitrogen and oxygen atoms in total. The van der Waals surface area contributed by atoms with Crippen LogP contribution >= 0.6 is 0 Å². The van der Waals surface area contributed by atoms with Gasteiger partial charge in [-0.3, -0.25) is 72.9 Å². The molecule has 0 spiro atoms. The maximum Gasteiger partial charge on any atom is 0.492 e. The Bertz CT molecular complexity index is 4560. The van der Waals surface area contributed by atoms with E-state index in [1.807, 2.05) is 100.0 Å². The van der Waals surface area contributed by atoms with E-state index >= 15 is 0 Å². The van der Waals surface area contributed by atoms with Crippen LogP contribution in [0, 0.1) is 38.1 Å². The number of hydrogen-bond donors (Lipinski definition) is 5. The summed E-state index contributed by atoms with van der Waals surface area (Å²) in [5.41, 5.74) is 14.8. The van der Waals surface area contributed by atoms with E-state index in [0.717, 1.165) is 101 Å². The zero-order valence-electron chi connectivity index (χ0n) is 66.4. The lowest BCUT2D eigenvalue weighted by Gasteiger charge is -2.32. The molecule has 112 heavy (non-hydrogen) atoms. The molecule has 8 N–H and O–H groups in total. The SMILES string of the molecule is C=CC#N.CC(C)(C)OC(=O)N1C=C(B2OC(C)(C)C(C)(C)O2)CCC1.CC(C)(C)OC(=O)N1C=C(n2cccc(N)c2=O)CCC1.CC(C)(C)OC(=O)N1C=C(n2cccc([N+](=O)[O-])c2=O)CCC1.Nc1cccn(C2CCCNC2)c1=O.O=c1[nH]cccc1[N+](=O)[O-].[C-]#[N+]CCN1CCCC(n2cccc(N)c2=O)C1. The predicted octanol–water partition coefficient (Wildman–Crippen LogP) is 10.7. The smallest absolute Gasteiger partial charge is 0.443 e. The number of anilines is 3. The molecule has 5 aromatic heterocycles. The number of rotatable bonds is 9. The average Bonchev–Trinajstić information content (AvgIpc) is 1.62. The van der Waals surface area contributed by atoms with Crippen molar-refractivity contribution in [1.29, 1.82) is 5.26 Å². The zero-order chi connectivity index (χ0) is 83.5. The number of nitriles is 1. The highest BCUT2D eigenvalue weighted by Gasteiger charge is 2.53. The summed E-state index contributed by atoms with van der Waals surface area (Å²) < 4.78 is 34.4. The number of ether oxygens (including phenoxy) is 3. The fraction of sp³-hybridized carbons (Fsp3) is 0.506. The van der Waals surface area contributed by atoms with Gasteiger partial charge in [0.15, 0.2) is 0 Å². The second-order valence-electron chi connectivity index (χ2n) is 30.6. The van der Waals surface area contributed by atoms with Crippen LogP contribution < -0.4 is 50.3 Å². The molecule has 5 aromatic rings. The molecule has 11 rings (SSSR count). The Morgan fingerprint density at radius 2 is 1.06 bits per heavy atom. The summed E-state index contributed by atoms with van der Waals surface area (Å²) in [6.45, 7) is 41.2. The lowest BCUT2D eigenvalue weighted by Crippen LogP contribution is -2.41. The van der Waals surface area contributed by atoms with E-state index in [9.17, 15) is 58.6 Å². The van der Waals surface area contributed by atoms with Crippen LogP contribution in [-0.4, -0.2) is 165 Å². The van der Waals surface area contributed by atoms with E-state index in [4.69, 9.17) is 52.6 Å². The maximum atomic E-state index is 12.2. The van der Waals surface area contributed by atoms with Gasteiger partial charge in [0, 0.05) is 124 Å². The monoisotopic (exact) mass is 1550 g/mol. The lowest BCUT2D eigenvalue weighted by atomic mass is 9.75. The molecular formula is C77H108BN17O17. The largest absolute Gasteiger partial charge is 0.492 e. The van der Waals surface area contributed by atoms with Crippen LogP contribution in [0.5, 0.6) is 0 Å². The third-order valence-corrected chi connectivity index (χ3v) is 17.8. The second-order valence-corrected chi connectivity index (χ2v) is 30.6. The van der Waals surface area contributed by atoms with Crippen molar-refractivity contribution >= 4 is 65.2 Å². The Labute approximate surface area is 651 Å². The first-order valence-corrected chi connectivity index (χ1v) is 36.8. The van der Waals surface area contributed by atoms with Gasteiger partial charge in [-0.1, -0.05) is 6.58 Å². The Kier molecular flexibility index (Phi) is 33.9. The minimum atomic E-state index is -0.723. The number of carbonyl (C=O) groups is 3. The van der Waals surface area contributed by atoms with Gasteiger partial charge in [-0.15, -0.1) is 0 Å². The van der Waals surface area contributed by atoms with Crippen molar-refractivity contribution in [2.45, 2.75) is 194 Å². The third kappa shape index (κ3) is 28.2. The van der Waals surface area contributed by atoms with Crippen LogP contribution in [0.3, 0.4) is 0 Å². The molecule has 2 unspecified atom stereocenters. The molecule has 0 saturated carbocycles. The molecule has 3 fully saturated rings. The standard InChI is InChI=1S/C16H28BNO4.C15H19N3O5.C15H21N3O3.C13H18N4O.C10H15N3O.C5H4N2O3.C3H3N/c1-14(2,3)20-13(19)18-10-8-9-12(11-18)17-21-15(4,5)16(6,7)22-17;1-15(2,3)23-14(20)16-8-4-6-11(10-16)17-9-5-7-12(13(17)19)18(21)22;1-15(2,3)21-14(20)17-8-4-6-11(10-17)18-9-5-7-12(16)13(18)19;1-15-6-9-16-7-2-4-11(10-16)17-8-3-5-12(14)13(17)18;11-9-4-2-6-13(10(9)14)8-3-1-5-12-7-8;8-5-4(7(9)10)2-1-3-6-5;1-2-3-4/h11H,8-10H2,1-7H3;5,7,9-10H,4,6,8H2,1-3H3;5,7,9-10H,4,6,8,16H2,1-3H3;3,5,8,11H,2,4,6-7,9-10,14H2;2,4,6,8,12H,1,3,5,7,11H2;1-3H,(H,6,8);2H,1H2. The summed E-state index contributed by atoms with van der Waals surface area (Å²) >= 11 is 0. The topological polar surface area (TPSA) is 436 Å². The van der Waals surface area contributed by atoms with Gasteiger partial charge in [-0.05, 0) is 221 Å². The van der Waals surface area contributed by atoms with Crippen molar-refractivity contribution in [3.05, 3.63) is 212 Å². The van der Waals surface area contributed by atoms with Gasteiger partial charge < -0.3 is 65.0 Å². The Morgan fingerprint density at radius 3 is 1.50 bits per heavy atom. The van der Waals surface area contributed by atoms with Crippen LogP contribution in [0.25, 0.3) is 16.2 Å². The number of allylic oxidation sites excluding steroid dienone is 4. The Hall–Kier alpha value is -11.4. The number of aromatic nitrogens is 5. The summed E-state index contributed by atoms with van der Waals surface area (Å²) in [7, 11) is -0.393. The van der Waals surface area contributed by atoms with E-state index in [1.165, 1.54) is 55.7 Å². The summed E-state index contributed by atoms with van der Waals surface area (Å²) in [4.78, 5) is 127. The van der Waals surface area contributed by atoms with Gasteiger partial charge in [0.25, 0.3) is 16.7 Å². The number of pyridine rings is 5. The molecule has 3 saturated heterocycles. The van der Waals surface area contributed by atoms with E-state index < -0.39 is 68.4 Å². The molecule has 2 atom stereocenters. The predicted molar refractivity (Wildman–Crippen MR) is 429 cm³/mol. The first kappa shape index (κ1) is 91.2. The number of nitrogens with zero attached hydrogens (tertiary/aromatic N) is 12. The number of nitrogen functional groups attached to an aromatic ring is 3. The molecule has 6 aliphatic heterocycles. The first-order chi connectivity index (χ1) is 52.5. The first-order valence-electron chi connectivity index (χ1n) is 36.8. The van der Waals surface area contributed by atoms with Gasteiger partial charge in [0.05, 0.1) is 50.7 Å². The van der Waals surface area contributed by atoms with E-state index in [-0.39, 0.29) is 51.7 Å². The summed E-state index contributed by atoms with van der Waals surface area (Å²) in [6.07, 6.45) is 21.7. The fourth-order valence-electron chi connectivity index (χ4n) is 11.7. The minimum absolute atomic E-state index is 0.0683. The number of hydrogen-bond acceptors (Lipinski definition) is 23. The summed E-state index contributed by atoms with van der Waals surface area (Å²) in [5, 5.41) is 31.7. The van der Waals surface area contributed by atoms with Crippen molar-refractivity contribution in [1.82, 2.24) is 48.2 Å². The highest BCUT2D eigenvalue weighted by atomic mass is 16.7. The van der Waals surface area contributed by atoms with Gasteiger partial charge in [-0.25, -0.2) is 21.0 Å². The van der Waals surface area contributed by atoms with E-state index in [0.29, 0.717) is 62.5 Å². The number of aromatic amines is 1. The number of amides is 3. The second kappa shape index (κ2) is 41.6. The molecule has 606 valence electrons. The quantitative estimate of drug-likeness (QED) is 0.0228. The van der Waals surface area contributed by atoms with Crippen molar-refractivity contribution in [2.24, 2.45) is 0 Å². The van der Waals surface area contributed by atoms with Crippen LogP contribution in [0.1, 0.15) is 166 Å². The highest BCUT2D eigenvalue weighted by molar-refractivity contribution is 6.54. The molecule has 3 amide bonds. The van der Waals surface area contributed by atoms with Crippen molar-refractivity contribution in [3.8, 4) is 6.07 Å². The fourth-order valence-corrected chi connectivity index (χ4v) is 11.7. The van der Waals surface area contributed by atoms with Gasteiger partial charge in [-0.2, -0.15) is 5.26 Å². The highest BCUT2D eigenvalue weighted by Crippen LogP contribution is 2.40. The van der Waals surface area contributed by atoms with Gasteiger partial charge in [0.2, 0.25) is 6.54 Å². The molecule has 0 aromatic carbocycles. The molecule has 0 radical (unpaired) electrons. The number of nitro groups is 2. The zero-order valence-corrected chi connectivity index (χ0v) is 66.4. The van der Waals surface area contributed by atoms with Crippen LogP contribution in [-0.2, 0) is 23.5 Å². The van der Waals surface area contributed by atoms with Crippen molar-refractivity contribution in [2.75, 3.05) is 76.1 Å². The van der Waals surface area contributed by atoms with Crippen molar-refractivity contribution in [3.63, 3.8) is 0 Å². The average molecular weight is 1550 g/mol. The van der Waals surface area contributed by atoms with Crippen LogP contribution in [0.15, 0.2) is 152 Å². The summed E-state index contributed by atoms with van der Waals surface area (Å²) in [5.74, 6) is 0. The minimum Gasteiger partial charge on any atom is -0.443 e. The number of nitrogens with two attached hydrogens (primary N) is 3. The lowest BCUT2D eigenvalue weighted by molar-refractivity contribution is -0.386. The number of carbonyl (C=O) groups excluding carboxylic acids is 3. The number of likely N-dealkylation sites (tertiary alicyclic amines) is 1. The molecule has 35 heteroatoms. The third-order valence-electron chi connectivity index (χ3n) is 17.8. The van der Waals surface area contributed by atoms with Crippen LogP contribution in [0.4, 0.5) is 42.8 Å². The number of piperidine rings is 2. The van der Waals surface area contributed by atoms with Crippen LogP contribution in [0.2, 0.25) is 0 Å². The molecular weight excluding hydrogens is 1450 g/mol. The maximum absolute atomic E-state index is 12.2. The molecule has 0 aliphatic carbocycles. The van der Waals surface area contributed by atoms with Gasteiger partial charge >= 0.3 is 47.9 Å². The number of nitrogens with one attached hydrogen (secondary N) is 2. The Morgan fingerprint density at radius 1 is 0.634 bits per heavy atom. The number of H-pyrrole nitrogens is 1. The molecule has 11 heterocycles. The molecule has 0 bridgehead atoms. The van der Waals surface area contributed by atoms with E-state index in [1.54, 1.807) is 77.5 Å². The van der Waals surface area contributed by atoms with E-state index in [2.05, 4.69) is 26.6 Å². The van der Waals surface area contributed by atoms with Gasteiger partial charge in [0.1, 0.15) is 16.8 Å². The normalized spacial score (nSPS) is 17.8. The summed E-state index contributed by atoms with van der Waals surface area (Å²) in [6, 6.07) is 17.5. The molecule has 6 aliphatic rings. The van der Waals surface area contributed by atoms with Crippen molar-refractivity contribution < 1.29 is 47.7 Å². The Balaban J connectivity index is 0.000000241.